The number of benzene rings is 1. The predicted octanol–water partition coefficient (Wildman–Crippen LogP) is 0.0842. The summed E-state index contributed by atoms with van der Waals surface area (Å²) in [6.07, 6.45) is 0. The number of rotatable bonds is 2. The Bertz CT molecular complexity index is 566. The highest BCUT2D eigenvalue weighted by atomic mass is 32.2. The van der Waals surface area contributed by atoms with Crippen LogP contribution >= 0.6 is 0 Å². The second-order valence-corrected chi connectivity index (χ2v) is 5.54. The van der Waals surface area contributed by atoms with Gasteiger partial charge in [0.2, 0.25) is 0 Å². The summed E-state index contributed by atoms with van der Waals surface area (Å²) in [4.78, 5) is 0. The third-order valence-electron chi connectivity index (χ3n) is 1.40. The average molecular weight is 296 g/mol. The molecule has 0 radical (unpaired) electrons. The Hall–Kier alpha value is -1.62. The zero-order valence-corrected chi connectivity index (χ0v) is 10.6. The van der Waals surface area contributed by atoms with Crippen LogP contribution in [0, 0.1) is 0 Å². The fourth-order valence-electron chi connectivity index (χ4n) is 0.651. The van der Waals surface area contributed by atoms with E-state index in [0.29, 0.717) is 11.4 Å². The number of anilines is 2. The van der Waals surface area contributed by atoms with Crippen LogP contribution < -0.4 is 11.5 Å². The lowest BCUT2D eigenvalue weighted by molar-refractivity contribution is 0.488. The van der Waals surface area contributed by atoms with E-state index in [4.69, 9.17) is 20.6 Å². The van der Waals surface area contributed by atoms with Gasteiger partial charge in [-0.05, 0) is 12.1 Å². The van der Waals surface area contributed by atoms with Gasteiger partial charge >= 0.3 is 0 Å². The zero-order valence-electron chi connectivity index (χ0n) is 8.96. The average Bonchev–Trinajstić information content (AvgIpc) is 2.19. The van der Waals surface area contributed by atoms with Gasteiger partial charge in [-0.25, -0.2) is 0 Å². The molecule has 0 unspecified atom stereocenters. The summed E-state index contributed by atoms with van der Waals surface area (Å²) in [5.41, 5.74) is 12.1. The van der Waals surface area contributed by atoms with E-state index in [0.717, 1.165) is 0 Å². The monoisotopic (exact) mass is 296 g/mol. The molecule has 0 bridgehead atoms. The molecular formula is C8H12N2O6S2. The molecule has 8 nitrogen and oxygen atoms in total. The lowest BCUT2D eigenvalue weighted by Crippen LogP contribution is -1.94. The van der Waals surface area contributed by atoms with Crippen LogP contribution in [0.5, 0.6) is 0 Å². The Morgan fingerprint density at radius 1 is 0.833 bits per heavy atom. The first kappa shape index (κ1) is 16.4. The smallest absolute Gasteiger partial charge is 0.288 e. The topological polar surface area (TPSA) is 161 Å². The highest BCUT2D eigenvalue weighted by Gasteiger charge is 2.01. The third kappa shape index (κ3) is 9.59. The minimum Gasteiger partial charge on any atom is -0.397 e. The second kappa shape index (κ2) is 6.35. The maximum absolute atomic E-state index is 9.77. The summed E-state index contributed by atoms with van der Waals surface area (Å²) in [6.45, 7) is 0. The van der Waals surface area contributed by atoms with Crippen LogP contribution in [0.2, 0.25) is 0 Å². The van der Waals surface area contributed by atoms with Gasteiger partial charge < -0.3 is 11.5 Å². The fraction of sp³-hybridized carbons (Fsp3) is 0. The van der Waals surface area contributed by atoms with Gasteiger partial charge in [-0.1, -0.05) is 12.1 Å². The molecule has 0 amide bonds. The van der Waals surface area contributed by atoms with Crippen molar-refractivity contribution in [2.45, 2.75) is 0 Å². The van der Waals surface area contributed by atoms with Gasteiger partial charge in [0.25, 0.3) is 20.2 Å². The first-order valence-corrected chi connectivity index (χ1v) is 7.25. The summed E-state index contributed by atoms with van der Waals surface area (Å²) < 4.78 is 54.9. The van der Waals surface area contributed by atoms with Crippen molar-refractivity contribution in [3.8, 4) is 0 Å². The van der Waals surface area contributed by atoms with Crippen molar-refractivity contribution in [3.63, 3.8) is 0 Å². The highest BCUT2D eigenvalue weighted by molar-refractivity contribution is 7.92. The maximum atomic E-state index is 9.77. The Labute approximate surface area is 104 Å². The van der Waals surface area contributed by atoms with Crippen molar-refractivity contribution < 1.29 is 25.9 Å². The van der Waals surface area contributed by atoms with E-state index in [9.17, 15) is 16.8 Å². The molecule has 0 aromatic heterocycles. The van der Waals surface area contributed by atoms with E-state index in [1.54, 1.807) is 12.1 Å². The largest absolute Gasteiger partial charge is 0.397 e. The van der Waals surface area contributed by atoms with Gasteiger partial charge in [0.05, 0.1) is 22.2 Å². The van der Waals surface area contributed by atoms with E-state index in [2.05, 4.69) is 0 Å². The van der Waals surface area contributed by atoms with E-state index in [-0.39, 0.29) is 10.8 Å². The van der Waals surface area contributed by atoms with Crippen LogP contribution in [0.4, 0.5) is 11.4 Å². The van der Waals surface area contributed by atoms with Crippen molar-refractivity contribution in [1.29, 1.82) is 0 Å². The maximum Gasteiger partial charge on any atom is 0.288 e. The minimum absolute atomic E-state index is 0.0394. The molecule has 10 heteroatoms. The van der Waals surface area contributed by atoms with E-state index in [1.807, 2.05) is 12.1 Å². The number of para-hydroxylation sites is 2. The first-order chi connectivity index (χ1) is 8.01. The van der Waals surface area contributed by atoms with Crippen LogP contribution in [0.25, 0.3) is 0 Å². The van der Waals surface area contributed by atoms with E-state index < -0.39 is 20.2 Å². The molecule has 18 heavy (non-hydrogen) atoms. The molecule has 102 valence electrons. The third-order valence-corrected chi connectivity index (χ3v) is 2.53. The van der Waals surface area contributed by atoms with Crippen molar-refractivity contribution in [2.75, 3.05) is 11.5 Å². The van der Waals surface area contributed by atoms with Crippen molar-refractivity contribution in [1.82, 2.24) is 0 Å². The predicted molar refractivity (Wildman–Crippen MR) is 67.5 cm³/mol. The molecular weight excluding hydrogens is 284 g/mol. The van der Waals surface area contributed by atoms with Crippen LogP contribution in [0.15, 0.2) is 35.1 Å². The normalized spacial score (nSPS) is 11.9. The number of hydrogen-bond donors (Lipinski definition) is 4. The Balaban J connectivity index is 0.000000327. The number of hydrogen-bond acceptors (Lipinski definition) is 6. The van der Waals surface area contributed by atoms with E-state index >= 15 is 0 Å². The van der Waals surface area contributed by atoms with Gasteiger partial charge in [-0.3, -0.25) is 9.11 Å². The molecule has 0 spiro atoms. The molecule has 1 aromatic carbocycles. The quantitative estimate of drug-likeness (QED) is 0.440. The molecule has 0 saturated carbocycles. The standard InChI is InChI=1S/C6H8N2.C2H4O6S2/c7-5-3-1-2-4-6(5)8;3-9(4,5)1-2-10(6,7)8/h1-4H,7-8H2;1-2H,(H,3,4,5)(H,6,7,8). The molecule has 0 fully saturated rings. The summed E-state index contributed by atoms with van der Waals surface area (Å²) >= 11 is 0. The molecule has 0 aliphatic rings. The van der Waals surface area contributed by atoms with E-state index in [1.165, 1.54) is 0 Å². The molecule has 0 atom stereocenters. The molecule has 1 aromatic rings. The summed E-state index contributed by atoms with van der Waals surface area (Å²) in [7, 11) is -8.95. The van der Waals surface area contributed by atoms with Crippen LogP contribution in [0.1, 0.15) is 0 Å². The zero-order chi connectivity index (χ0) is 14.4. The minimum atomic E-state index is -4.48. The van der Waals surface area contributed by atoms with Crippen LogP contribution in [-0.4, -0.2) is 25.9 Å². The molecule has 0 aliphatic carbocycles. The fourth-order valence-corrected chi connectivity index (χ4v) is 1.77. The van der Waals surface area contributed by atoms with Gasteiger partial charge in [0, 0.05) is 0 Å². The summed E-state index contributed by atoms with van der Waals surface area (Å²) in [5, 5.41) is -0.0787. The Morgan fingerprint density at radius 2 is 1.11 bits per heavy atom. The molecule has 1 rings (SSSR count). The number of nitrogens with two attached hydrogens (primary N) is 2. The van der Waals surface area contributed by atoms with Crippen molar-refractivity contribution in [3.05, 3.63) is 35.1 Å². The Morgan fingerprint density at radius 3 is 1.28 bits per heavy atom. The lowest BCUT2D eigenvalue weighted by atomic mass is 10.3. The summed E-state index contributed by atoms with van der Waals surface area (Å²) in [5.74, 6) is 0. The van der Waals surface area contributed by atoms with Gasteiger partial charge in [0.1, 0.15) is 0 Å². The van der Waals surface area contributed by atoms with Gasteiger partial charge in [-0.2, -0.15) is 16.8 Å². The molecule has 0 aliphatic heterocycles. The Kier molecular flexibility index (Phi) is 5.78. The van der Waals surface area contributed by atoms with Gasteiger partial charge in [-0.15, -0.1) is 0 Å². The first-order valence-electron chi connectivity index (χ1n) is 4.24. The van der Waals surface area contributed by atoms with Gasteiger partial charge in [0.15, 0.2) is 0 Å². The molecule has 0 heterocycles. The number of nitrogen functional groups attached to an aromatic ring is 2. The van der Waals surface area contributed by atoms with Crippen LogP contribution in [-0.2, 0) is 20.2 Å². The van der Waals surface area contributed by atoms with Crippen molar-refractivity contribution >= 4 is 31.6 Å². The molecule has 6 N–H and O–H groups in total. The second-order valence-electron chi connectivity index (χ2n) is 2.93. The highest BCUT2D eigenvalue weighted by Crippen LogP contribution is 2.10. The summed E-state index contributed by atoms with van der Waals surface area (Å²) in [6, 6.07) is 7.25. The van der Waals surface area contributed by atoms with Crippen LogP contribution in [0.3, 0.4) is 0 Å². The molecule has 0 saturated heterocycles. The lowest BCUT2D eigenvalue weighted by Gasteiger charge is -1.94. The van der Waals surface area contributed by atoms with Crippen molar-refractivity contribution in [2.24, 2.45) is 0 Å². The SMILES string of the molecule is Nc1ccccc1N.O=S(=O)(O)C=CS(=O)(=O)O.